The average Bonchev–Trinajstić information content (AvgIpc) is 2.44. The van der Waals surface area contributed by atoms with Crippen LogP contribution in [0.2, 0.25) is 0 Å². The van der Waals surface area contributed by atoms with Gasteiger partial charge in [0.05, 0.1) is 0 Å². The van der Waals surface area contributed by atoms with Gasteiger partial charge in [-0.25, -0.2) is 0 Å². The molecule has 104 valence electrons. The lowest BCUT2D eigenvalue weighted by Gasteiger charge is -2.21. The highest BCUT2D eigenvalue weighted by atomic mass is 16.2. The lowest BCUT2D eigenvalue weighted by atomic mass is 10.1. The van der Waals surface area contributed by atoms with Gasteiger partial charge in [0.25, 0.3) is 5.91 Å². The van der Waals surface area contributed by atoms with Crippen molar-refractivity contribution in [2.45, 2.75) is 20.4 Å². The van der Waals surface area contributed by atoms with Crippen LogP contribution in [0, 0.1) is 6.92 Å². The molecule has 4 heteroatoms. The summed E-state index contributed by atoms with van der Waals surface area (Å²) in [5, 5.41) is 0. The molecule has 1 amide bonds. The molecule has 0 unspecified atom stereocenters. The van der Waals surface area contributed by atoms with Crippen LogP contribution in [0.4, 0.5) is 5.69 Å². The normalized spacial score (nSPS) is 10.3. The minimum absolute atomic E-state index is 0.000266. The first kappa shape index (κ1) is 14.1. The molecule has 0 atom stereocenters. The molecule has 2 rings (SSSR count). The van der Waals surface area contributed by atoms with Gasteiger partial charge in [0, 0.05) is 36.7 Å². The van der Waals surface area contributed by atoms with Crippen LogP contribution >= 0.6 is 0 Å². The van der Waals surface area contributed by atoms with Gasteiger partial charge in [0.15, 0.2) is 0 Å². The van der Waals surface area contributed by atoms with Crippen molar-refractivity contribution in [3.8, 4) is 0 Å². The summed E-state index contributed by atoms with van der Waals surface area (Å²) in [5.41, 5.74) is 9.13. The zero-order valence-corrected chi connectivity index (χ0v) is 11.8. The van der Waals surface area contributed by atoms with Crippen molar-refractivity contribution in [2.24, 2.45) is 0 Å². The van der Waals surface area contributed by atoms with Crippen molar-refractivity contribution < 1.29 is 4.79 Å². The van der Waals surface area contributed by atoms with E-state index in [0.29, 0.717) is 24.3 Å². The molecule has 20 heavy (non-hydrogen) atoms. The Morgan fingerprint density at radius 2 is 1.95 bits per heavy atom. The van der Waals surface area contributed by atoms with E-state index >= 15 is 0 Å². The fraction of sp³-hybridized carbons (Fsp3) is 0.250. The predicted molar refractivity (Wildman–Crippen MR) is 80.2 cm³/mol. The molecule has 1 heterocycles. The van der Waals surface area contributed by atoms with Gasteiger partial charge in [-0.1, -0.05) is 0 Å². The lowest BCUT2D eigenvalue weighted by Crippen LogP contribution is -2.30. The van der Waals surface area contributed by atoms with Crippen LogP contribution in [0.25, 0.3) is 0 Å². The van der Waals surface area contributed by atoms with E-state index in [-0.39, 0.29) is 5.91 Å². The molecular formula is C16H19N3O. The van der Waals surface area contributed by atoms with Crippen LogP contribution in [0.15, 0.2) is 42.7 Å². The number of anilines is 1. The summed E-state index contributed by atoms with van der Waals surface area (Å²) < 4.78 is 0. The minimum atomic E-state index is -0.000266. The second-order valence-electron chi connectivity index (χ2n) is 4.81. The number of nitrogens with two attached hydrogens (primary N) is 1. The molecule has 2 N–H and O–H groups in total. The zero-order valence-electron chi connectivity index (χ0n) is 11.8. The molecule has 0 saturated carbocycles. The number of benzene rings is 1. The van der Waals surface area contributed by atoms with Crippen LogP contribution in [-0.2, 0) is 6.54 Å². The third-order valence-corrected chi connectivity index (χ3v) is 3.14. The number of rotatable bonds is 4. The first-order valence-corrected chi connectivity index (χ1v) is 6.65. The van der Waals surface area contributed by atoms with Crippen molar-refractivity contribution in [1.29, 1.82) is 0 Å². The largest absolute Gasteiger partial charge is 0.399 e. The molecule has 0 saturated heterocycles. The van der Waals surface area contributed by atoms with Gasteiger partial charge in [-0.05, 0) is 55.3 Å². The quantitative estimate of drug-likeness (QED) is 0.868. The van der Waals surface area contributed by atoms with Crippen LogP contribution < -0.4 is 5.73 Å². The summed E-state index contributed by atoms with van der Waals surface area (Å²) in [6.07, 6.45) is 3.47. The van der Waals surface area contributed by atoms with Crippen LogP contribution in [-0.4, -0.2) is 22.3 Å². The number of aryl methyl sites for hydroxylation is 1. The topological polar surface area (TPSA) is 59.2 Å². The molecule has 0 aliphatic heterocycles. The van der Waals surface area contributed by atoms with Gasteiger partial charge < -0.3 is 10.6 Å². The standard InChI is InChI=1S/C16H19N3O/c1-3-19(11-13-4-6-18-7-5-13)16(20)14-8-12(2)9-15(17)10-14/h4-10H,3,11,17H2,1-2H3. The molecule has 0 aliphatic carbocycles. The molecule has 0 radical (unpaired) electrons. The Morgan fingerprint density at radius 3 is 2.55 bits per heavy atom. The van der Waals surface area contributed by atoms with E-state index in [0.717, 1.165) is 11.1 Å². The summed E-state index contributed by atoms with van der Waals surface area (Å²) in [4.78, 5) is 18.3. The maximum Gasteiger partial charge on any atom is 0.254 e. The highest BCUT2D eigenvalue weighted by molar-refractivity contribution is 5.95. The smallest absolute Gasteiger partial charge is 0.254 e. The monoisotopic (exact) mass is 269 g/mol. The maximum atomic E-state index is 12.5. The molecule has 0 spiro atoms. The van der Waals surface area contributed by atoms with E-state index in [1.807, 2.05) is 38.1 Å². The van der Waals surface area contributed by atoms with Crippen molar-refractivity contribution in [1.82, 2.24) is 9.88 Å². The summed E-state index contributed by atoms with van der Waals surface area (Å²) in [7, 11) is 0. The molecule has 0 fully saturated rings. The van der Waals surface area contributed by atoms with E-state index < -0.39 is 0 Å². The van der Waals surface area contributed by atoms with Gasteiger partial charge >= 0.3 is 0 Å². The molecule has 2 aromatic rings. The Bertz CT molecular complexity index is 576. The SMILES string of the molecule is CCN(Cc1ccncc1)C(=O)c1cc(C)cc(N)c1. The van der Waals surface area contributed by atoms with Crippen molar-refractivity contribution in [3.05, 3.63) is 59.4 Å². The van der Waals surface area contributed by atoms with E-state index in [1.165, 1.54) is 0 Å². The number of aromatic nitrogens is 1. The molecular weight excluding hydrogens is 250 g/mol. The van der Waals surface area contributed by atoms with E-state index in [9.17, 15) is 4.79 Å². The number of pyridine rings is 1. The fourth-order valence-electron chi connectivity index (χ4n) is 2.15. The number of nitrogens with zero attached hydrogens (tertiary/aromatic N) is 2. The lowest BCUT2D eigenvalue weighted by molar-refractivity contribution is 0.0752. The van der Waals surface area contributed by atoms with Gasteiger partial charge in [-0.2, -0.15) is 0 Å². The number of hydrogen-bond donors (Lipinski definition) is 1. The van der Waals surface area contributed by atoms with Crippen LogP contribution in [0.3, 0.4) is 0 Å². The van der Waals surface area contributed by atoms with E-state index in [2.05, 4.69) is 4.98 Å². The van der Waals surface area contributed by atoms with Gasteiger partial charge in [-0.15, -0.1) is 0 Å². The van der Waals surface area contributed by atoms with Crippen molar-refractivity contribution in [2.75, 3.05) is 12.3 Å². The second kappa shape index (κ2) is 6.19. The van der Waals surface area contributed by atoms with Crippen LogP contribution in [0.5, 0.6) is 0 Å². The predicted octanol–water partition coefficient (Wildman–Crippen LogP) is 2.63. The van der Waals surface area contributed by atoms with Crippen LogP contribution in [0.1, 0.15) is 28.4 Å². The summed E-state index contributed by atoms with van der Waals surface area (Å²) in [6, 6.07) is 9.29. The summed E-state index contributed by atoms with van der Waals surface area (Å²) >= 11 is 0. The number of amides is 1. The Kier molecular flexibility index (Phi) is 4.35. The number of hydrogen-bond acceptors (Lipinski definition) is 3. The molecule has 0 bridgehead atoms. The fourth-order valence-corrected chi connectivity index (χ4v) is 2.15. The molecule has 0 aliphatic rings. The minimum Gasteiger partial charge on any atom is -0.399 e. The summed E-state index contributed by atoms with van der Waals surface area (Å²) in [5.74, 6) is -0.000266. The highest BCUT2D eigenvalue weighted by Crippen LogP contribution is 2.15. The first-order valence-electron chi connectivity index (χ1n) is 6.65. The number of carbonyl (C=O) groups excluding carboxylic acids is 1. The highest BCUT2D eigenvalue weighted by Gasteiger charge is 2.15. The van der Waals surface area contributed by atoms with Gasteiger partial charge in [-0.3, -0.25) is 9.78 Å². The van der Waals surface area contributed by atoms with E-state index in [4.69, 9.17) is 5.73 Å². The van der Waals surface area contributed by atoms with E-state index in [1.54, 1.807) is 23.4 Å². The molecule has 1 aromatic carbocycles. The Morgan fingerprint density at radius 1 is 1.25 bits per heavy atom. The maximum absolute atomic E-state index is 12.5. The van der Waals surface area contributed by atoms with Gasteiger partial charge in [0.2, 0.25) is 0 Å². The van der Waals surface area contributed by atoms with Crippen molar-refractivity contribution in [3.63, 3.8) is 0 Å². The second-order valence-corrected chi connectivity index (χ2v) is 4.81. The molecule has 1 aromatic heterocycles. The average molecular weight is 269 g/mol. The Balaban J connectivity index is 2.20. The molecule has 4 nitrogen and oxygen atoms in total. The number of nitrogen functional groups attached to an aromatic ring is 1. The Labute approximate surface area is 119 Å². The first-order chi connectivity index (χ1) is 9.60. The summed E-state index contributed by atoms with van der Waals surface area (Å²) in [6.45, 7) is 5.13. The van der Waals surface area contributed by atoms with Gasteiger partial charge in [0.1, 0.15) is 0 Å². The third-order valence-electron chi connectivity index (χ3n) is 3.14. The number of carbonyl (C=O) groups is 1. The zero-order chi connectivity index (χ0) is 14.5. The van der Waals surface area contributed by atoms with Crippen molar-refractivity contribution >= 4 is 11.6 Å². The third kappa shape index (κ3) is 3.35. The Hall–Kier alpha value is -2.36.